The van der Waals surface area contributed by atoms with Gasteiger partial charge in [0.1, 0.15) is 0 Å². The predicted octanol–water partition coefficient (Wildman–Crippen LogP) is -5.69. The Balaban J connectivity index is -0.00000000167. The van der Waals surface area contributed by atoms with Gasteiger partial charge in [-0.3, -0.25) is 0 Å². The second kappa shape index (κ2) is 32.6. The molecule has 0 atom stereocenters. The van der Waals surface area contributed by atoms with E-state index in [1.165, 1.54) is 19.4 Å². The Kier molecular flexibility index (Phi) is 171. The molecule has 0 aliphatic carbocycles. The molecule has 0 aliphatic rings. The monoisotopic (exact) mass is 273 g/mol. The first-order valence-electron chi connectivity index (χ1n) is 0.189. The van der Waals surface area contributed by atoms with Gasteiger partial charge in [-0.05, 0) is 0 Å². The summed E-state index contributed by atoms with van der Waals surface area (Å²) in [5.41, 5.74) is 0. The molecule has 0 unspecified atom stereocenters. The molecule has 0 bridgehead atoms. The van der Waals surface area contributed by atoms with Gasteiger partial charge in [0.2, 0.25) is 0 Å². The summed E-state index contributed by atoms with van der Waals surface area (Å²) in [5, 5.41) is 0. The second-order valence-corrected chi connectivity index (χ2v) is 0. The van der Waals surface area contributed by atoms with Crippen LogP contribution in [0.4, 0.5) is 0 Å². The van der Waals surface area contributed by atoms with Gasteiger partial charge >= 0.3 is 52.6 Å². The van der Waals surface area contributed by atoms with E-state index in [1.807, 2.05) is 0 Å². The summed E-state index contributed by atoms with van der Waals surface area (Å²) in [5.74, 6) is 0. The maximum atomic E-state index is 4.64. The molecule has 0 rings (SSSR count). The zero-order valence-corrected chi connectivity index (χ0v) is 8.82. The third-order valence-corrected chi connectivity index (χ3v) is 0. The molecular weight excluding hydrogens is 273 g/mol. The number of halogens is 3. The second-order valence-electron chi connectivity index (χ2n) is 0. The van der Waals surface area contributed by atoms with Crippen LogP contribution >= 0.6 is 9.30 Å². The molecule has 0 aliphatic heterocycles. The van der Waals surface area contributed by atoms with Crippen molar-refractivity contribution >= 4 is 33.2 Å². The van der Waals surface area contributed by atoms with Crippen molar-refractivity contribution in [3.05, 3.63) is 0 Å². The first kappa shape index (κ1) is 26.3. The molecule has 0 aromatic heterocycles. The van der Waals surface area contributed by atoms with Crippen LogP contribution < -0.4 is 24.8 Å². The van der Waals surface area contributed by atoms with Gasteiger partial charge in [0.05, 0.1) is 0 Å². The number of hydrogen-bond donors (Lipinski definition) is 0. The molecular formula is Cl3SnTi. The van der Waals surface area contributed by atoms with Crippen LogP contribution in [0.2, 0.25) is 0 Å². The smallest absolute Gasteiger partial charge is 2.00 e. The van der Waals surface area contributed by atoms with Crippen LogP contribution in [0.15, 0.2) is 0 Å². The summed E-state index contributed by atoms with van der Waals surface area (Å²) in [7, 11) is 4.64. The summed E-state index contributed by atoms with van der Waals surface area (Å²) in [6.45, 7) is 0. The van der Waals surface area contributed by atoms with Gasteiger partial charge in [-0.1, -0.05) is 0 Å². The summed E-state index contributed by atoms with van der Waals surface area (Å²) < 4.78 is 0. The van der Waals surface area contributed by atoms with E-state index in [1.54, 1.807) is 0 Å². The molecule has 5 heavy (non-hydrogen) atoms. The fourth-order valence-corrected chi connectivity index (χ4v) is 0. The normalized spacial score (nSPS) is 0.800. The fraction of sp³-hybridized carbons (Fsp3) is 0. The first-order chi connectivity index (χ1) is 1.00. The minimum absolute atomic E-state index is 0. The van der Waals surface area contributed by atoms with Crippen molar-refractivity contribution in [1.29, 1.82) is 0 Å². The zero-order valence-electron chi connectivity index (χ0n) is 2.13. The molecule has 2 radical (unpaired) electrons. The molecule has 0 N–H and O–H groups in total. The van der Waals surface area contributed by atoms with Gasteiger partial charge in [-0.25, -0.2) is 0 Å². The quantitative estimate of drug-likeness (QED) is 0.386. The van der Waals surface area contributed by atoms with E-state index in [2.05, 4.69) is 9.30 Å². The Morgan fingerprint density at radius 3 is 1.00 bits per heavy atom. The van der Waals surface area contributed by atoms with Crippen LogP contribution in [0.1, 0.15) is 0 Å². The summed E-state index contributed by atoms with van der Waals surface area (Å²) >= 11 is 1.47. The Morgan fingerprint density at radius 1 is 1.00 bits per heavy atom. The molecule has 0 amide bonds. The molecule has 0 aromatic rings. The van der Waals surface area contributed by atoms with E-state index >= 15 is 0 Å². The van der Waals surface area contributed by atoms with Gasteiger partial charge in [0.15, 0.2) is 0 Å². The average Bonchev–Trinajstić information content (AvgIpc) is 1.00. The van der Waals surface area contributed by atoms with Crippen molar-refractivity contribution in [3.8, 4) is 0 Å². The third kappa shape index (κ3) is 21.6. The number of hydrogen-bond acceptors (Lipinski definition) is 0. The van der Waals surface area contributed by atoms with Crippen LogP contribution in [-0.4, -0.2) is 23.9 Å². The largest absolute Gasteiger partial charge is 2.00 e. The third-order valence-electron chi connectivity index (χ3n) is 0. The molecule has 0 spiro atoms. The summed E-state index contributed by atoms with van der Waals surface area (Å²) in [4.78, 5) is 0. The Labute approximate surface area is 76.5 Å². The van der Waals surface area contributed by atoms with Crippen molar-refractivity contribution in [2.45, 2.75) is 0 Å². The molecule has 0 heterocycles. The van der Waals surface area contributed by atoms with E-state index in [-0.39, 0.29) is 48.7 Å². The Hall–Kier alpha value is 2.38. The van der Waals surface area contributed by atoms with Crippen molar-refractivity contribution in [1.82, 2.24) is 0 Å². The zero-order chi connectivity index (χ0) is 2.00. The van der Waals surface area contributed by atoms with Gasteiger partial charge in [0, 0.05) is 0 Å². The van der Waals surface area contributed by atoms with E-state index in [4.69, 9.17) is 0 Å². The predicted molar refractivity (Wildman–Crippen MR) is 11.6 cm³/mol. The first-order valence-corrected chi connectivity index (χ1v) is 2.34. The van der Waals surface area contributed by atoms with E-state index in [0.717, 1.165) is 0 Å². The SMILES string of the molecule is [Cl-].[Cl-].[Cl][Ti].[Sn+2]. The molecule has 0 saturated heterocycles. The molecule has 0 aromatic carbocycles. The average molecular weight is 273 g/mol. The van der Waals surface area contributed by atoms with Crippen LogP contribution in [-0.2, 0) is 19.4 Å². The van der Waals surface area contributed by atoms with Crippen LogP contribution in [0.3, 0.4) is 0 Å². The van der Waals surface area contributed by atoms with Crippen molar-refractivity contribution in [2.75, 3.05) is 0 Å². The maximum Gasteiger partial charge on any atom is 2.00 e. The van der Waals surface area contributed by atoms with Gasteiger partial charge < -0.3 is 24.8 Å². The van der Waals surface area contributed by atoms with Crippen LogP contribution in [0, 0.1) is 0 Å². The van der Waals surface area contributed by atoms with Crippen molar-refractivity contribution in [3.63, 3.8) is 0 Å². The van der Waals surface area contributed by atoms with Gasteiger partial charge in [-0.2, -0.15) is 0 Å². The van der Waals surface area contributed by atoms with Crippen LogP contribution in [0.25, 0.3) is 0 Å². The van der Waals surface area contributed by atoms with E-state index in [9.17, 15) is 0 Å². The Bertz CT molecular complexity index is 6.85. The van der Waals surface area contributed by atoms with Crippen molar-refractivity contribution in [2.24, 2.45) is 0 Å². The van der Waals surface area contributed by atoms with E-state index < -0.39 is 0 Å². The van der Waals surface area contributed by atoms with Crippen molar-refractivity contribution < 1.29 is 44.2 Å². The molecule has 0 saturated carbocycles. The fourth-order valence-electron chi connectivity index (χ4n) is 0. The minimum Gasteiger partial charge on any atom is 2.00 e. The standard InChI is InChI=1S/3ClH.Sn.Ti/h3*1H;;/q;;;+2;+1/p-3. The van der Waals surface area contributed by atoms with E-state index in [0.29, 0.717) is 0 Å². The summed E-state index contributed by atoms with van der Waals surface area (Å²) in [6, 6.07) is 0. The number of rotatable bonds is 0. The molecule has 5 heteroatoms. The van der Waals surface area contributed by atoms with Gasteiger partial charge in [-0.15, -0.1) is 0 Å². The Morgan fingerprint density at radius 2 is 1.00 bits per heavy atom. The minimum atomic E-state index is 0. The summed E-state index contributed by atoms with van der Waals surface area (Å²) in [6.07, 6.45) is 0. The molecule has 0 fully saturated rings. The topological polar surface area (TPSA) is 0 Å². The van der Waals surface area contributed by atoms with Crippen LogP contribution in [0.5, 0.6) is 0 Å². The van der Waals surface area contributed by atoms with Gasteiger partial charge in [0.25, 0.3) is 0 Å². The molecule has 0 nitrogen and oxygen atoms in total. The maximum absolute atomic E-state index is 4.64. The molecule has 29 valence electrons.